The Kier molecular flexibility index (Phi) is 6.12. The molecule has 3 heteroatoms. The molecule has 0 aromatic heterocycles. The molecule has 0 aliphatic heterocycles. The molecule has 124 valence electrons. The van der Waals surface area contributed by atoms with Crippen molar-refractivity contribution in [2.24, 2.45) is 0 Å². The SMILES string of the molecule is C=C(Br)CCOS(c1ccccc1)(c1ccccc1)C(C)(C)C. The topological polar surface area (TPSA) is 9.23 Å². The Morgan fingerprint density at radius 1 is 0.957 bits per heavy atom. The first-order chi connectivity index (χ1) is 10.9. The minimum absolute atomic E-state index is 0.0245. The molecule has 0 bridgehead atoms. The second-order valence-corrected chi connectivity index (χ2v) is 11.0. The maximum Gasteiger partial charge on any atom is 0.0646 e. The summed E-state index contributed by atoms with van der Waals surface area (Å²) in [7, 11) is -1.63. The van der Waals surface area contributed by atoms with E-state index in [9.17, 15) is 0 Å². The fraction of sp³-hybridized carbons (Fsp3) is 0.300. The van der Waals surface area contributed by atoms with Crippen molar-refractivity contribution >= 4 is 26.2 Å². The van der Waals surface area contributed by atoms with E-state index in [1.807, 2.05) is 0 Å². The summed E-state index contributed by atoms with van der Waals surface area (Å²) in [4.78, 5) is 2.53. The third-order valence-electron chi connectivity index (χ3n) is 3.65. The summed E-state index contributed by atoms with van der Waals surface area (Å²) < 4.78 is 7.62. The standard InChI is InChI=1S/C20H25BrOS/c1-17(21)15-16-22-23(20(2,3)4,18-11-7-5-8-12-18)19-13-9-6-10-14-19/h5-14H,1,15-16H2,2-4H3. The lowest BCUT2D eigenvalue weighted by Crippen LogP contribution is -2.28. The molecule has 0 heterocycles. The van der Waals surface area contributed by atoms with Gasteiger partial charge in [-0.1, -0.05) is 69.2 Å². The predicted octanol–water partition coefficient (Wildman–Crippen LogP) is 6.94. The fourth-order valence-corrected chi connectivity index (χ4v) is 6.55. The molecule has 0 aliphatic carbocycles. The molecule has 0 aliphatic rings. The maximum absolute atomic E-state index is 6.67. The van der Waals surface area contributed by atoms with Gasteiger partial charge in [0.15, 0.2) is 0 Å². The van der Waals surface area contributed by atoms with Gasteiger partial charge in [0, 0.05) is 21.0 Å². The van der Waals surface area contributed by atoms with Crippen LogP contribution in [0.15, 0.2) is 81.5 Å². The molecule has 2 rings (SSSR count). The van der Waals surface area contributed by atoms with Crippen molar-refractivity contribution < 1.29 is 4.18 Å². The van der Waals surface area contributed by atoms with E-state index in [-0.39, 0.29) is 4.75 Å². The molecule has 0 spiro atoms. The normalized spacial score (nSPS) is 12.9. The van der Waals surface area contributed by atoms with E-state index in [4.69, 9.17) is 4.18 Å². The van der Waals surface area contributed by atoms with Crippen molar-refractivity contribution in [1.82, 2.24) is 0 Å². The van der Waals surface area contributed by atoms with Crippen molar-refractivity contribution in [3.8, 4) is 0 Å². The third-order valence-corrected chi connectivity index (χ3v) is 8.16. The van der Waals surface area contributed by atoms with Crippen LogP contribution in [-0.2, 0) is 4.18 Å². The average Bonchev–Trinajstić information content (AvgIpc) is 2.52. The quantitative estimate of drug-likeness (QED) is 0.517. The van der Waals surface area contributed by atoms with Crippen LogP contribution >= 0.6 is 26.2 Å². The number of halogens is 1. The van der Waals surface area contributed by atoms with Gasteiger partial charge in [-0.15, -0.1) is 0 Å². The lowest BCUT2D eigenvalue weighted by atomic mass is 10.3. The zero-order chi connectivity index (χ0) is 16.9. The Morgan fingerprint density at radius 3 is 1.74 bits per heavy atom. The number of rotatable bonds is 6. The monoisotopic (exact) mass is 392 g/mol. The van der Waals surface area contributed by atoms with E-state index < -0.39 is 10.3 Å². The Morgan fingerprint density at radius 2 is 1.39 bits per heavy atom. The van der Waals surface area contributed by atoms with Crippen molar-refractivity contribution in [3.63, 3.8) is 0 Å². The van der Waals surface area contributed by atoms with Crippen LogP contribution in [0.1, 0.15) is 27.2 Å². The predicted molar refractivity (Wildman–Crippen MR) is 105 cm³/mol. The summed E-state index contributed by atoms with van der Waals surface area (Å²) >= 11 is 3.44. The van der Waals surface area contributed by atoms with E-state index in [2.05, 4.69) is 104 Å². The van der Waals surface area contributed by atoms with Gasteiger partial charge in [0.2, 0.25) is 0 Å². The van der Waals surface area contributed by atoms with Gasteiger partial charge >= 0.3 is 0 Å². The molecular formula is C20H25BrOS. The zero-order valence-electron chi connectivity index (χ0n) is 14.1. The third kappa shape index (κ3) is 4.09. The van der Waals surface area contributed by atoms with Crippen LogP contribution in [0.5, 0.6) is 0 Å². The van der Waals surface area contributed by atoms with Crippen LogP contribution in [0.25, 0.3) is 0 Å². The molecule has 1 nitrogen and oxygen atoms in total. The van der Waals surface area contributed by atoms with Gasteiger partial charge in [0.1, 0.15) is 0 Å². The summed E-state index contributed by atoms with van der Waals surface area (Å²) in [5.74, 6) is 0. The van der Waals surface area contributed by atoms with Crippen LogP contribution in [0, 0.1) is 0 Å². The van der Waals surface area contributed by atoms with Gasteiger partial charge < -0.3 is 4.18 Å². The summed E-state index contributed by atoms with van der Waals surface area (Å²) in [6.07, 6.45) is 0.810. The molecule has 23 heavy (non-hydrogen) atoms. The van der Waals surface area contributed by atoms with Gasteiger partial charge in [0.25, 0.3) is 0 Å². The summed E-state index contributed by atoms with van der Waals surface area (Å²) in [5.41, 5.74) is 0. The van der Waals surface area contributed by atoms with Gasteiger partial charge in [0.05, 0.1) is 6.61 Å². The molecule has 0 unspecified atom stereocenters. The van der Waals surface area contributed by atoms with E-state index in [0.29, 0.717) is 6.61 Å². The lowest BCUT2D eigenvalue weighted by Gasteiger charge is -2.50. The number of hydrogen-bond donors (Lipinski definition) is 0. The highest BCUT2D eigenvalue weighted by atomic mass is 79.9. The molecule has 0 saturated heterocycles. The molecule has 0 saturated carbocycles. The Balaban J connectivity index is 2.57. The van der Waals surface area contributed by atoms with E-state index >= 15 is 0 Å². The molecule has 0 fully saturated rings. The highest BCUT2D eigenvalue weighted by Gasteiger charge is 2.41. The highest BCUT2D eigenvalue weighted by molar-refractivity contribution is 9.11. The van der Waals surface area contributed by atoms with E-state index in [0.717, 1.165) is 10.9 Å². The van der Waals surface area contributed by atoms with Crippen LogP contribution in [0.3, 0.4) is 0 Å². The Hall–Kier alpha value is -1.03. The fourth-order valence-electron chi connectivity index (χ4n) is 2.66. The van der Waals surface area contributed by atoms with Crippen molar-refractivity contribution in [3.05, 3.63) is 71.7 Å². The average molecular weight is 393 g/mol. The molecule has 2 aromatic rings. The zero-order valence-corrected chi connectivity index (χ0v) is 16.5. The van der Waals surface area contributed by atoms with Crippen LogP contribution in [-0.4, -0.2) is 11.4 Å². The minimum Gasteiger partial charge on any atom is -0.327 e. The molecule has 0 radical (unpaired) electrons. The van der Waals surface area contributed by atoms with E-state index in [1.165, 1.54) is 9.79 Å². The Labute approximate surface area is 150 Å². The van der Waals surface area contributed by atoms with Crippen LogP contribution in [0.2, 0.25) is 0 Å². The lowest BCUT2D eigenvalue weighted by molar-refractivity contribution is 0.350. The smallest absolute Gasteiger partial charge is 0.0646 e. The first-order valence-corrected chi connectivity index (χ1v) is 10.1. The van der Waals surface area contributed by atoms with Crippen molar-refractivity contribution in [1.29, 1.82) is 0 Å². The molecule has 0 N–H and O–H groups in total. The minimum atomic E-state index is -1.63. The highest BCUT2D eigenvalue weighted by Crippen LogP contribution is 2.71. The van der Waals surface area contributed by atoms with Gasteiger partial charge in [-0.3, -0.25) is 0 Å². The number of hydrogen-bond acceptors (Lipinski definition) is 1. The Bertz CT molecular complexity index is 592. The summed E-state index contributed by atoms with van der Waals surface area (Å²) in [6.45, 7) is 11.4. The van der Waals surface area contributed by atoms with Crippen LogP contribution in [0.4, 0.5) is 0 Å². The first-order valence-electron chi connectivity index (χ1n) is 7.79. The second-order valence-electron chi connectivity index (χ2n) is 6.38. The van der Waals surface area contributed by atoms with Crippen molar-refractivity contribution in [2.45, 2.75) is 41.7 Å². The number of benzene rings is 2. The summed E-state index contributed by atoms with van der Waals surface area (Å²) in [6, 6.07) is 21.3. The molecular weight excluding hydrogens is 368 g/mol. The van der Waals surface area contributed by atoms with E-state index in [1.54, 1.807) is 0 Å². The maximum atomic E-state index is 6.67. The summed E-state index contributed by atoms with van der Waals surface area (Å²) in [5, 5.41) is 0. The molecule has 2 aromatic carbocycles. The largest absolute Gasteiger partial charge is 0.327 e. The van der Waals surface area contributed by atoms with Crippen LogP contribution < -0.4 is 0 Å². The molecule has 0 atom stereocenters. The van der Waals surface area contributed by atoms with Gasteiger partial charge in [-0.25, -0.2) is 0 Å². The van der Waals surface area contributed by atoms with Gasteiger partial charge in [-0.2, -0.15) is 0 Å². The van der Waals surface area contributed by atoms with Gasteiger partial charge in [-0.05, 0) is 49.5 Å². The second kappa shape index (κ2) is 7.69. The first kappa shape index (κ1) is 18.3. The molecule has 0 amide bonds. The van der Waals surface area contributed by atoms with Crippen molar-refractivity contribution in [2.75, 3.05) is 6.61 Å².